The van der Waals surface area contributed by atoms with Crippen LogP contribution in [0, 0.1) is 0 Å². The molecule has 0 spiro atoms. The summed E-state index contributed by atoms with van der Waals surface area (Å²) in [7, 11) is -3.09. The van der Waals surface area contributed by atoms with E-state index in [0.29, 0.717) is 11.5 Å². The molecule has 0 N–H and O–H groups in total. The number of epoxide rings is 1. The Morgan fingerprint density at radius 1 is 1.29 bits per heavy atom. The molecule has 1 fully saturated rings. The smallest absolute Gasteiger partial charge is 0.175 e. The van der Waals surface area contributed by atoms with E-state index in [1.54, 1.807) is 12.1 Å². The second-order valence-electron chi connectivity index (χ2n) is 3.82. The Morgan fingerprint density at radius 2 is 1.79 bits per heavy atom. The van der Waals surface area contributed by atoms with Gasteiger partial charge in [-0.25, -0.2) is 8.42 Å². The van der Waals surface area contributed by atoms with Crippen LogP contribution in [0.3, 0.4) is 0 Å². The molecule has 1 aliphatic rings. The molecule has 1 aromatic rings. The standard InChI is InChI=1S/C10H12O3S/c1-10(7-13-10)8-3-5-9(6-4-8)14(2,11)12/h3-6H,7H2,1-2H3/t10-/m1/s1. The molecule has 1 heterocycles. The zero-order valence-electron chi connectivity index (χ0n) is 8.15. The molecular formula is C10H12O3S. The molecule has 1 saturated heterocycles. The molecule has 1 atom stereocenters. The zero-order chi connectivity index (χ0) is 10.4. The summed E-state index contributed by atoms with van der Waals surface area (Å²) < 4.78 is 27.6. The fourth-order valence-corrected chi connectivity index (χ4v) is 1.96. The third-order valence-electron chi connectivity index (χ3n) is 2.47. The molecule has 0 amide bonds. The van der Waals surface area contributed by atoms with Crippen LogP contribution in [-0.4, -0.2) is 21.3 Å². The first-order chi connectivity index (χ1) is 6.42. The van der Waals surface area contributed by atoms with E-state index in [2.05, 4.69) is 0 Å². The fraction of sp³-hybridized carbons (Fsp3) is 0.400. The molecule has 2 rings (SSSR count). The van der Waals surface area contributed by atoms with Crippen LogP contribution in [-0.2, 0) is 20.2 Å². The van der Waals surface area contributed by atoms with Crippen LogP contribution in [0.15, 0.2) is 29.2 Å². The van der Waals surface area contributed by atoms with Gasteiger partial charge in [0, 0.05) is 6.26 Å². The first kappa shape index (κ1) is 9.68. The second kappa shape index (κ2) is 2.81. The van der Waals surface area contributed by atoms with Crippen molar-refractivity contribution in [1.29, 1.82) is 0 Å². The van der Waals surface area contributed by atoms with Gasteiger partial charge < -0.3 is 4.74 Å². The minimum Gasteiger partial charge on any atom is -0.365 e. The quantitative estimate of drug-likeness (QED) is 0.695. The van der Waals surface area contributed by atoms with Gasteiger partial charge in [-0.15, -0.1) is 0 Å². The fourth-order valence-electron chi connectivity index (χ4n) is 1.33. The van der Waals surface area contributed by atoms with Crippen molar-refractivity contribution in [2.45, 2.75) is 17.4 Å². The Kier molecular flexibility index (Phi) is 1.94. The largest absolute Gasteiger partial charge is 0.365 e. The first-order valence-electron chi connectivity index (χ1n) is 4.36. The van der Waals surface area contributed by atoms with Crippen molar-refractivity contribution in [2.75, 3.05) is 12.9 Å². The molecule has 76 valence electrons. The lowest BCUT2D eigenvalue weighted by Crippen LogP contribution is -2.03. The van der Waals surface area contributed by atoms with E-state index in [-0.39, 0.29) is 5.60 Å². The van der Waals surface area contributed by atoms with Crippen molar-refractivity contribution in [3.05, 3.63) is 29.8 Å². The van der Waals surface area contributed by atoms with Crippen LogP contribution in [0.1, 0.15) is 12.5 Å². The second-order valence-corrected chi connectivity index (χ2v) is 5.83. The summed E-state index contributed by atoms with van der Waals surface area (Å²) in [6.45, 7) is 2.70. The minimum atomic E-state index is -3.09. The summed E-state index contributed by atoms with van der Waals surface area (Å²) in [6.07, 6.45) is 1.21. The zero-order valence-corrected chi connectivity index (χ0v) is 8.97. The molecule has 0 unspecified atom stereocenters. The van der Waals surface area contributed by atoms with Crippen LogP contribution in [0.4, 0.5) is 0 Å². The van der Waals surface area contributed by atoms with E-state index in [1.807, 2.05) is 19.1 Å². The summed E-state index contributed by atoms with van der Waals surface area (Å²) >= 11 is 0. The highest BCUT2D eigenvalue weighted by molar-refractivity contribution is 7.90. The summed E-state index contributed by atoms with van der Waals surface area (Å²) in [4.78, 5) is 0.352. The number of hydrogen-bond acceptors (Lipinski definition) is 3. The third kappa shape index (κ3) is 1.67. The lowest BCUT2D eigenvalue weighted by atomic mass is 10.0. The summed E-state index contributed by atoms with van der Waals surface area (Å²) in [5.74, 6) is 0. The summed E-state index contributed by atoms with van der Waals surface area (Å²) in [6, 6.07) is 6.86. The third-order valence-corrected chi connectivity index (χ3v) is 3.60. The maximum atomic E-state index is 11.2. The van der Waals surface area contributed by atoms with E-state index in [9.17, 15) is 8.42 Å². The van der Waals surface area contributed by atoms with Gasteiger partial charge in [-0.05, 0) is 24.6 Å². The van der Waals surface area contributed by atoms with E-state index in [1.165, 1.54) is 6.26 Å². The minimum absolute atomic E-state index is 0.184. The van der Waals surface area contributed by atoms with Crippen molar-refractivity contribution < 1.29 is 13.2 Å². The molecule has 4 heteroatoms. The molecule has 0 saturated carbocycles. The number of benzene rings is 1. The van der Waals surface area contributed by atoms with Crippen molar-refractivity contribution in [2.24, 2.45) is 0 Å². The van der Waals surface area contributed by atoms with Gasteiger partial charge in [0.25, 0.3) is 0 Å². The van der Waals surface area contributed by atoms with Crippen molar-refractivity contribution in [3.63, 3.8) is 0 Å². The predicted octanol–water partition coefficient (Wildman–Crippen LogP) is 1.34. The highest BCUT2D eigenvalue weighted by Gasteiger charge is 2.40. The van der Waals surface area contributed by atoms with E-state index >= 15 is 0 Å². The normalized spacial score (nSPS) is 26.1. The number of hydrogen-bond donors (Lipinski definition) is 0. The van der Waals surface area contributed by atoms with Gasteiger partial charge in [-0.2, -0.15) is 0 Å². The van der Waals surface area contributed by atoms with Gasteiger partial charge in [0.15, 0.2) is 9.84 Å². The molecule has 1 aliphatic heterocycles. The molecule has 14 heavy (non-hydrogen) atoms. The van der Waals surface area contributed by atoms with Gasteiger partial charge >= 0.3 is 0 Å². The lowest BCUT2D eigenvalue weighted by Gasteiger charge is -2.05. The Hall–Kier alpha value is -0.870. The highest BCUT2D eigenvalue weighted by atomic mass is 32.2. The van der Waals surface area contributed by atoms with E-state index < -0.39 is 9.84 Å². The average molecular weight is 212 g/mol. The van der Waals surface area contributed by atoms with Crippen molar-refractivity contribution in [3.8, 4) is 0 Å². The summed E-state index contributed by atoms with van der Waals surface area (Å²) in [5.41, 5.74) is 0.848. The van der Waals surface area contributed by atoms with Gasteiger partial charge in [0.2, 0.25) is 0 Å². The molecule has 3 nitrogen and oxygen atoms in total. The van der Waals surface area contributed by atoms with Gasteiger partial charge in [0.1, 0.15) is 5.60 Å². The Balaban J connectivity index is 2.36. The van der Waals surface area contributed by atoms with Crippen LogP contribution >= 0.6 is 0 Å². The first-order valence-corrected chi connectivity index (χ1v) is 6.25. The van der Waals surface area contributed by atoms with E-state index in [4.69, 9.17) is 4.74 Å². The monoisotopic (exact) mass is 212 g/mol. The predicted molar refractivity (Wildman–Crippen MR) is 52.9 cm³/mol. The number of sulfone groups is 1. The topological polar surface area (TPSA) is 46.7 Å². The maximum absolute atomic E-state index is 11.2. The molecule has 1 aromatic carbocycles. The van der Waals surface area contributed by atoms with Crippen molar-refractivity contribution in [1.82, 2.24) is 0 Å². The van der Waals surface area contributed by atoms with E-state index in [0.717, 1.165) is 5.56 Å². The van der Waals surface area contributed by atoms with Crippen LogP contribution in [0.25, 0.3) is 0 Å². The maximum Gasteiger partial charge on any atom is 0.175 e. The van der Waals surface area contributed by atoms with Gasteiger partial charge in [-0.1, -0.05) is 12.1 Å². The molecule has 0 bridgehead atoms. The molecular weight excluding hydrogens is 200 g/mol. The molecule has 0 radical (unpaired) electrons. The van der Waals surface area contributed by atoms with Gasteiger partial charge in [0.05, 0.1) is 11.5 Å². The van der Waals surface area contributed by atoms with Crippen LogP contribution < -0.4 is 0 Å². The Labute approximate surface area is 83.6 Å². The van der Waals surface area contributed by atoms with Crippen molar-refractivity contribution >= 4 is 9.84 Å². The molecule has 0 aromatic heterocycles. The number of rotatable bonds is 2. The van der Waals surface area contributed by atoms with Crippen LogP contribution in [0.2, 0.25) is 0 Å². The summed E-state index contributed by atoms with van der Waals surface area (Å²) in [5, 5.41) is 0. The SMILES string of the molecule is C[C@]1(c2ccc(S(C)(=O)=O)cc2)CO1. The Bertz CT molecular complexity index is 441. The van der Waals surface area contributed by atoms with Crippen LogP contribution in [0.5, 0.6) is 0 Å². The number of ether oxygens (including phenoxy) is 1. The lowest BCUT2D eigenvalue weighted by molar-refractivity contribution is 0.329. The average Bonchev–Trinajstić information content (AvgIpc) is 2.84. The Morgan fingerprint density at radius 3 is 2.14 bits per heavy atom. The molecule has 0 aliphatic carbocycles. The van der Waals surface area contributed by atoms with Gasteiger partial charge in [-0.3, -0.25) is 0 Å². The highest BCUT2D eigenvalue weighted by Crippen LogP contribution is 2.37.